The largest absolute Gasteiger partial charge is 0.398 e. The van der Waals surface area contributed by atoms with Crippen LogP contribution in [0.25, 0.3) is 0 Å². The highest BCUT2D eigenvalue weighted by atomic mass is 79.9. The van der Waals surface area contributed by atoms with Crippen molar-refractivity contribution >= 4 is 31.6 Å². The fourth-order valence-corrected chi connectivity index (χ4v) is 4.72. The first-order valence-electron chi connectivity index (χ1n) is 7.45. The number of nitrogen functional groups attached to an aromatic ring is 1. The summed E-state index contributed by atoms with van der Waals surface area (Å²) in [5.74, 6) is 0.791. The first kappa shape index (κ1) is 16.8. The van der Waals surface area contributed by atoms with Gasteiger partial charge in [0.2, 0.25) is 10.0 Å². The van der Waals surface area contributed by atoms with Gasteiger partial charge in [0.05, 0.1) is 4.90 Å². The maximum absolute atomic E-state index is 12.3. The minimum Gasteiger partial charge on any atom is -0.398 e. The monoisotopic (exact) mass is 374 g/mol. The van der Waals surface area contributed by atoms with E-state index in [1.165, 1.54) is 31.7 Å². The van der Waals surface area contributed by atoms with Crippen LogP contribution in [0, 0.1) is 12.8 Å². The Morgan fingerprint density at radius 1 is 1.33 bits per heavy atom. The van der Waals surface area contributed by atoms with Gasteiger partial charge in [-0.25, -0.2) is 13.1 Å². The Balaban J connectivity index is 1.93. The fraction of sp³-hybridized carbons (Fsp3) is 0.600. The van der Waals surface area contributed by atoms with Gasteiger partial charge in [0, 0.05) is 16.7 Å². The van der Waals surface area contributed by atoms with Crippen molar-refractivity contribution in [3.63, 3.8) is 0 Å². The second-order valence-corrected chi connectivity index (χ2v) is 8.42. The number of anilines is 1. The molecule has 4 nitrogen and oxygen atoms in total. The molecule has 0 radical (unpaired) electrons. The van der Waals surface area contributed by atoms with Crippen LogP contribution in [0.2, 0.25) is 0 Å². The van der Waals surface area contributed by atoms with Crippen LogP contribution in [0.1, 0.15) is 44.1 Å². The molecule has 118 valence electrons. The molecular weight excluding hydrogens is 352 g/mol. The van der Waals surface area contributed by atoms with Crippen LogP contribution >= 0.6 is 15.9 Å². The van der Waals surface area contributed by atoms with E-state index < -0.39 is 10.0 Å². The number of nitrogens with two attached hydrogens (primary N) is 1. The van der Waals surface area contributed by atoms with Gasteiger partial charge in [-0.2, -0.15) is 0 Å². The summed E-state index contributed by atoms with van der Waals surface area (Å²) in [6.45, 7) is 2.27. The van der Waals surface area contributed by atoms with E-state index in [1.807, 2.05) is 0 Å². The number of nitrogens with one attached hydrogen (secondary N) is 1. The van der Waals surface area contributed by atoms with Crippen LogP contribution in [0.4, 0.5) is 5.69 Å². The van der Waals surface area contributed by atoms with Crippen LogP contribution in [0.15, 0.2) is 21.5 Å². The van der Waals surface area contributed by atoms with E-state index in [2.05, 4.69) is 20.7 Å². The van der Waals surface area contributed by atoms with Crippen molar-refractivity contribution in [2.75, 3.05) is 12.3 Å². The molecule has 0 heterocycles. The van der Waals surface area contributed by atoms with Crippen LogP contribution in [0.5, 0.6) is 0 Å². The van der Waals surface area contributed by atoms with Crippen LogP contribution < -0.4 is 10.5 Å². The van der Waals surface area contributed by atoms with Gasteiger partial charge in [-0.05, 0) is 59.3 Å². The van der Waals surface area contributed by atoms with Crippen LogP contribution in [-0.4, -0.2) is 15.0 Å². The lowest BCUT2D eigenvalue weighted by molar-refractivity contribution is 0.480. The number of aryl methyl sites for hydroxylation is 1. The summed E-state index contributed by atoms with van der Waals surface area (Å²) in [5, 5.41) is 0. The lowest BCUT2D eigenvalue weighted by Gasteiger charge is -2.12. The molecular formula is C15H23BrN2O2S. The third kappa shape index (κ3) is 4.44. The lowest BCUT2D eigenvalue weighted by atomic mass is 10.0. The summed E-state index contributed by atoms with van der Waals surface area (Å²) in [5.41, 5.74) is 6.92. The Bertz CT molecular complexity index is 596. The Labute approximate surface area is 135 Å². The van der Waals surface area contributed by atoms with Crippen molar-refractivity contribution in [3.05, 3.63) is 22.2 Å². The number of hydrogen-bond donors (Lipinski definition) is 2. The van der Waals surface area contributed by atoms with E-state index >= 15 is 0 Å². The number of benzene rings is 1. The van der Waals surface area contributed by atoms with Gasteiger partial charge < -0.3 is 5.73 Å². The van der Waals surface area contributed by atoms with E-state index in [0.717, 1.165) is 23.2 Å². The van der Waals surface area contributed by atoms with Gasteiger partial charge in [0.1, 0.15) is 0 Å². The van der Waals surface area contributed by atoms with Gasteiger partial charge in [-0.1, -0.05) is 25.7 Å². The van der Waals surface area contributed by atoms with E-state index in [4.69, 9.17) is 5.73 Å². The number of halogens is 1. The molecule has 0 aliphatic heterocycles. The van der Waals surface area contributed by atoms with Crippen molar-refractivity contribution in [3.8, 4) is 0 Å². The Hall–Kier alpha value is -0.590. The minimum atomic E-state index is -3.48. The lowest BCUT2D eigenvalue weighted by Crippen LogP contribution is -2.26. The van der Waals surface area contributed by atoms with E-state index in [9.17, 15) is 8.42 Å². The Morgan fingerprint density at radius 2 is 2.00 bits per heavy atom. The maximum Gasteiger partial charge on any atom is 0.240 e. The molecule has 0 aromatic heterocycles. The molecule has 2 rings (SSSR count). The number of sulfonamides is 1. The number of hydrogen-bond acceptors (Lipinski definition) is 3. The normalized spacial score (nSPS) is 16.5. The first-order chi connectivity index (χ1) is 9.90. The van der Waals surface area contributed by atoms with Gasteiger partial charge in [-0.15, -0.1) is 0 Å². The third-order valence-corrected chi connectivity index (χ3v) is 6.43. The van der Waals surface area contributed by atoms with Gasteiger partial charge in [-0.3, -0.25) is 0 Å². The van der Waals surface area contributed by atoms with Crippen molar-refractivity contribution in [2.45, 2.75) is 50.3 Å². The molecule has 3 N–H and O–H groups in total. The summed E-state index contributed by atoms with van der Waals surface area (Å²) >= 11 is 3.31. The van der Waals surface area contributed by atoms with E-state index in [-0.39, 0.29) is 4.90 Å². The summed E-state index contributed by atoms with van der Waals surface area (Å²) in [4.78, 5) is 0.268. The van der Waals surface area contributed by atoms with Crippen molar-refractivity contribution in [2.24, 2.45) is 5.92 Å². The Kier molecular flexibility index (Phi) is 5.68. The molecule has 6 heteroatoms. The molecule has 0 atom stereocenters. The molecule has 1 aromatic carbocycles. The highest BCUT2D eigenvalue weighted by Gasteiger charge is 2.19. The van der Waals surface area contributed by atoms with Crippen LogP contribution in [-0.2, 0) is 10.0 Å². The average Bonchev–Trinajstić information content (AvgIpc) is 2.92. The highest BCUT2D eigenvalue weighted by Crippen LogP contribution is 2.29. The van der Waals surface area contributed by atoms with E-state index in [1.54, 1.807) is 13.0 Å². The molecule has 0 spiro atoms. The summed E-state index contributed by atoms with van der Waals surface area (Å²) < 4.78 is 28.1. The molecule has 0 unspecified atom stereocenters. The summed E-state index contributed by atoms with van der Waals surface area (Å²) in [7, 11) is -3.48. The maximum atomic E-state index is 12.3. The molecule has 21 heavy (non-hydrogen) atoms. The van der Waals surface area contributed by atoms with Gasteiger partial charge in [0.15, 0.2) is 0 Å². The first-order valence-corrected chi connectivity index (χ1v) is 9.73. The smallest absolute Gasteiger partial charge is 0.240 e. The van der Waals surface area contributed by atoms with Crippen molar-refractivity contribution in [1.29, 1.82) is 0 Å². The highest BCUT2D eigenvalue weighted by molar-refractivity contribution is 9.10. The topological polar surface area (TPSA) is 72.2 Å². The molecule has 1 aliphatic carbocycles. The van der Waals surface area contributed by atoms with E-state index in [0.29, 0.717) is 17.8 Å². The zero-order chi connectivity index (χ0) is 15.5. The predicted octanol–water partition coefficient (Wildman–Crippen LogP) is 3.59. The van der Waals surface area contributed by atoms with Crippen LogP contribution in [0.3, 0.4) is 0 Å². The zero-order valence-corrected chi connectivity index (χ0v) is 14.8. The molecule has 1 aromatic rings. The van der Waals surface area contributed by atoms with Crippen molar-refractivity contribution in [1.82, 2.24) is 4.72 Å². The van der Waals surface area contributed by atoms with Crippen molar-refractivity contribution < 1.29 is 8.42 Å². The number of rotatable bonds is 6. The molecule has 1 aliphatic rings. The Morgan fingerprint density at radius 3 is 2.67 bits per heavy atom. The fourth-order valence-electron chi connectivity index (χ4n) is 2.93. The molecule has 1 fully saturated rings. The summed E-state index contributed by atoms with van der Waals surface area (Å²) in [6.07, 6.45) is 7.27. The predicted molar refractivity (Wildman–Crippen MR) is 89.7 cm³/mol. The molecule has 1 saturated carbocycles. The molecule has 0 bridgehead atoms. The minimum absolute atomic E-state index is 0.268. The summed E-state index contributed by atoms with van der Waals surface area (Å²) in [6, 6.07) is 3.25. The molecule has 0 saturated heterocycles. The SMILES string of the molecule is Cc1cc(Br)c(N)cc1S(=O)(=O)NCCCC1CCCC1. The second-order valence-electron chi connectivity index (χ2n) is 5.83. The van der Waals surface area contributed by atoms with Gasteiger partial charge in [0.25, 0.3) is 0 Å². The zero-order valence-electron chi connectivity index (χ0n) is 12.4. The molecule has 0 amide bonds. The second kappa shape index (κ2) is 7.11. The standard InChI is InChI=1S/C15H23BrN2O2S/c1-11-9-13(16)14(17)10-15(11)21(19,20)18-8-4-7-12-5-2-3-6-12/h9-10,12,18H,2-8,17H2,1H3. The average molecular weight is 375 g/mol. The third-order valence-electron chi connectivity index (χ3n) is 4.14. The quantitative estimate of drug-likeness (QED) is 0.590. The van der Waals surface area contributed by atoms with Gasteiger partial charge >= 0.3 is 0 Å².